The number of aliphatic hydroxyl groups is 1. The molecule has 0 saturated carbocycles. The summed E-state index contributed by atoms with van der Waals surface area (Å²) in [6, 6.07) is 5.98. The quantitative estimate of drug-likeness (QED) is 0.577. The number of unbranched alkanes of at least 4 members (excludes halogenated alkanes) is 7. The first kappa shape index (κ1) is 17.0. The number of hydrogen-bond donors (Lipinski definition) is 1. The zero-order valence-electron chi connectivity index (χ0n) is 13.2. The van der Waals surface area contributed by atoms with Gasteiger partial charge in [-0.05, 0) is 19.4 Å². The number of hydrogen-bond acceptors (Lipinski definition) is 2. The Kier molecular flexibility index (Phi) is 9.14. The average molecular weight is 278 g/mol. The molecule has 0 aliphatic carbocycles. The van der Waals surface area contributed by atoms with Crippen molar-refractivity contribution in [2.75, 3.05) is 6.61 Å². The maximum absolute atomic E-state index is 9.31. The lowest BCUT2D eigenvalue weighted by atomic mass is 10.1. The molecule has 1 aromatic carbocycles. The van der Waals surface area contributed by atoms with Crippen LogP contribution in [0.1, 0.15) is 69.4 Å². The predicted molar refractivity (Wildman–Crippen MR) is 85.2 cm³/mol. The highest BCUT2D eigenvalue weighted by atomic mass is 16.5. The summed E-state index contributed by atoms with van der Waals surface area (Å²) in [4.78, 5) is 0. The molecule has 0 unspecified atom stereocenters. The number of rotatable bonds is 11. The van der Waals surface area contributed by atoms with Crippen LogP contribution in [-0.4, -0.2) is 11.7 Å². The van der Waals surface area contributed by atoms with Crippen molar-refractivity contribution < 1.29 is 9.84 Å². The van der Waals surface area contributed by atoms with Crippen molar-refractivity contribution in [1.29, 1.82) is 0 Å². The van der Waals surface area contributed by atoms with Gasteiger partial charge in [-0.3, -0.25) is 0 Å². The lowest BCUT2D eigenvalue weighted by Crippen LogP contribution is -2.00. The van der Waals surface area contributed by atoms with Crippen molar-refractivity contribution in [1.82, 2.24) is 0 Å². The largest absolute Gasteiger partial charge is 0.493 e. The van der Waals surface area contributed by atoms with E-state index in [1.165, 1.54) is 44.9 Å². The van der Waals surface area contributed by atoms with E-state index in [0.29, 0.717) is 0 Å². The van der Waals surface area contributed by atoms with Crippen molar-refractivity contribution in [2.45, 2.75) is 71.8 Å². The highest BCUT2D eigenvalue weighted by Crippen LogP contribution is 2.20. The van der Waals surface area contributed by atoms with Crippen molar-refractivity contribution >= 4 is 0 Å². The molecule has 0 atom stereocenters. The molecule has 20 heavy (non-hydrogen) atoms. The minimum absolute atomic E-state index is 0.0500. The van der Waals surface area contributed by atoms with E-state index >= 15 is 0 Å². The molecular weight excluding hydrogens is 248 g/mol. The first-order chi connectivity index (χ1) is 9.77. The van der Waals surface area contributed by atoms with Gasteiger partial charge < -0.3 is 9.84 Å². The molecule has 2 nitrogen and oxygen atoms in total. The monoisotopic (exact) mass is 278 g/mol. The van der Waals surface area contributed by atoms with Gasteiger partial charge in [0.15, 0.2) is 0 Å². The summed E-state index contributed by atoms with van der Waals surface area (Å²) in [5.74, 6) is 0.834. The number of ether oxygens (including phenoxy) is 1. The maximum atomic E-state index is 9.31. The third kappa shape index (κ3) is 6.95. The third-order valence-electron chi connectivity index (χ3n) is 3.64. The summed E-state index contributed by atoms with van der Waals surface area (Å²) in [5, 5.41) is 9.31. The lowest BCUT2D eigenvalue weighted by Gasteiger charge is -2.10. The summed E-state index contributed by atoms with van der Waals surface area (Å²) < 4.78 is 5.77. The molecular formula is C18H30O2. The molecule has 2 heteroatoms. The molecule has 0 saturated heterocycles. The fraction of sp³-hybridized carbons (Fsp3) is 0.667. The van der Waals surface area contributed by atoms with E-state index in [1.54, 1.807) is 0 Å². The molecule has 0 spiro atoms. The minimum Gasteiger partial charge on any atom is -0.493 e. The molecule has 1 aromatic rings. The van der Waals surface area contributed by atoms with Crippen molar-refractivity contribution in [3.8, 4) is 5.75 Å². The lowest BCUT2D eigenvalue weighted by molar-refractivity contribution is 0.259. The molecule has 0 radical (unpaired) electrons. The molecule has 114 valence electrons. The Labute approximate surface area is 124 Å². The van der Waals surface area contributed by atoms with Crippen LogP contribution in [0.15, 0.2) is 18.2 Å². The van der Waals surface area contributed by atoms with Gasteiger partial charge in [0.05, 0.1) is 13.2 Å². The van der Waals surface area contributed by atoms with E-state index < -0.39 is 0 Å². The van der Waals surface area contributed by atoms with Crippen LogP contribution in [0.4, 0.5) is 0 Å². The van der Waals surface area contributed by atoms with Gasteiger partial charge in [0.25, 0.3) is 0 Å². The molecule has 0 aromatic heterocycles. The van der Waals surface area contributed by atoms with Gasteiger partial charge in [-0.15, -0.1) is 0 Å². The first-order valence-electron chi connectivity index (χ1n) is 8.11. The zero-order chi connectivity index (χ0) is 14.6. The van der Waals surface area contributed by atoms with Crippen LogP contribution < -0.4 is 4.74 Å². The topological polar surface area (TPSA) is 29.5 Å². The van der Waals surface area contributed by atoms with Gasteiger partial charge in [-0.1, -0.05) is 69.6 Å². The Morgan fingerprint density at radius 2 is 1.60 bits per heavy atom. The molecule has 0 heterocycles. The first-order valence-corrected chi connectivity index (χ1v) is 8.11. The summed E-state index contributed by atoms with van der Waals surface area (Å²) in [5.41, 5.74) is 2.05. The second-order valence-corrected chi connectivity index (χ2v) is 5.59. The predicted octanol–water partition coefficient (Wildman–Crippen LogP) is 5.01. The van der Waals surface area contributed by atoms with E-state index in [2.05, 4.69) is 6.92 Å². The van der Waals surface area contributed by atoms with Crippen molar-refractivity contribution in [2.24, 2.45) is 0 Å². The SMILES string of the molecule is CCCCCCCCCCOc1ccc(C)cc1CO. The normalized spacial score (nSPS) is 10.8. The Balaban J connectivity index is 2.09. The van der Waals surface area contributed by atoms with Gasteiger partial charge in [0, 0.05) is 5.56 Å². The minimum atomic E-state index is 0.0500. The Morgan fingerprint density at radius 3 is 2.25 bits per heavy atom. The summed E-state index contributed by atoms with van der Waals surface area (Å²) in [7, 11) is 0. The van der Waals surface area contributed by atoms with Crippen LogP contribution in [0, 0.1) is 6.92 Å². The standard InChI is InChI=1S/C18H30O2/c1-3-4-5-6-7-8-9-10-13-20-18-12-11-16(2)14-17(18)15-19/h11-12,14,19H,3-10,13,15H2,1-2H3. The van der Waals surface area contributed by atoms with E-state index in [9.17, 15) is 5.11 Å². The van der Waals surface area contributed by atoms with Crippen LogP contribution >= 0.6 is 0 Å². The highest BCUT2D eigenvalue weighted by molar-refractivity contribution is 5.36. The zero-order valence-corrected chi connectivity index (χ0v) is 13.2. The van der Waals surface area contributed by atoms with Crippen LogP contribution in [0.25, 0.3) is 0 Å². The van der Waals surface area contributed by atoms with Crippen LogP contribution in [-0.2, 0) is 6.61 Å². The molecule has 1 N–H and O–H groups in total. The molecule has 0 aliphatic rings. The van der Waals surface area contributed by atoms with E-state index in [0.717, 1.165) is 29.9 Å². The van der Waals surface area contributed by atoms with Gasteiger partial charge >= 0.3 is 0 Å². The van der Waals surface area contributed by atoms with Gasteiger partial charge in [0.1, 0.15) is 5.75 Å². The van der Waals surface area contributed by atoms with E-state index in [-0.39, 0.29) is 6.61 Å². The number of benzene rings is 1. The second-order valence-electron chi connectivity index (χ2n) is 5.59. The van der Waals surface area contributed by atoms with Crippen LogP contribution in [0.5, 0.6) is 5.75 Å². The van der Waals surface area contributed by atoms with Crippen molar-refractivity contribution in [3.05, 3.63) is 29.3 Å². The Hall–Kier alpha value is -1.02. The van der Waals surface area contributed by atoms with Crippen molar-refractivity contribution in [3.63, 3.8) is 0 Å². The fourth-order valence-electron chi connectivity index (χ4n) is 2.39. The molecule has 0 fully saturated rings. The molecule has 0 amide bonds. The highest BCUT2D eigenvalue weighted by Gasteiger charge is 2.02. The van der Waals surface area contributed by atoms with E-state index in [4.69, 9.17) is 4.74 Å². The smallest absolute Gasteiger partial charge is 0.124 e. The van der Waals surface area contributed by atoms with Gasteiger partial charge in [-0.25, -0.2) is 0 Å². The molecule has 0 aliphatic heterocycles. The summed E-state index contributed by atoms with van der Waals surface area (Å²) in [6.07, 6.45) is 10.5. The van der Waals surface area contributed by atoms with Gasteiger partial charge in [0.2, 0.25) is 0 Å². The average Bonchev–Trinajstić information content (AvgIpc) is 2.46. The maximum Gasteiger partial charge on any atom is 0.124 e. The molecule has 0 bridgehead atoms. The Bertz CT molecular complexity index is 360. The summed E-state index contributed by atoms with van der Waals surface area (Å²) >= 11 is 0. The third-order valence-corrected chi connectivity index (χ3v) is 3.64. The van der Waals surface area contributed by atoms with Crippen LogP contribution in [0.2, 0.25) is 0 Å². The number of aliphatic hydroxyl groups excluding tert-OH is 1. The van der Waals surface area contributed by atoms with Gasteiger partial charge in [-0.2, -0.15) is 0 Å². The fourth-order valence-corrected chi connectivity index (χ4v) is 2.39. The van der Waals surface area contributed by atoms with E-state index in [1.807, 2.05) is 25.1 Å². The number of aryl methyl sites for hydroxylation is 1. The van der Waals surface area contributed by atoms with Crippen LogP contribution in [0.3, 0.4) is 0 Å². The Morgan fingerprint density at radius 1 is 0.950 bits per heavy atom. The molecule has 1 rings (SSSR count). The second kappa shape index (κ2) is 10.7. The summed E-state index contributed by atoms with van der Waals surface area (Å²) in [6.45, 7) is 5.09.